The van der Waals surface area contributed by atoms with E-state index in [4.69, 9.17) is 11.2 Å². The maximum atomic E-state index is 10.7. The second-order valence-electron chi connectivity index (χ2n) is 6.77. The molecule has 4 atom stereocenters. The Balaban J connectivity index is 2.08. The number of hydrogen-bond acceptors (Lipinski definition) is 4. The van der Waals surface area contributed by atoms with E-state index in [0.29, 0.717) is 18.5 Å². The Morgan fingerprint density at radius 3 is 2.22 bits per heavy atom. The predicted octanol–water partition coefficient (Wildman–Crippen LogP) is 3.06. The summed E-state index contributed by atoms with van der Waals surface area (Å²) in [5.74, 6) is 2.64. The molecule has 140 valence electrons. The first-order chi connectivity index (χ1) is 13.2. The lowest BCUT2D eigenvalue weighted by Gasteiger charge is -2.48. The zero-order chi connectivity index (χ0) is 19.2. The van der Waals surface area contributed by atoms with Gasteiger partial charge in [-0.05, 0) is 16.7 Å². The number of morpholine rings is 1. The van der Waals surface area contributed by atoms with E-state index in [-0.39, 0.29) is 24.8 Å². The highest BCUT2D eigenvalue weighted by Gasteiger charge is 2.44. The van der Waals surface area contributed by atoms with E-state index < -0.39 is 6.29 Å². The molecule has 1 fully saturated rings. The molecule has 2 aromatic rings. The second-order valence-corrected chi connectivity index (χ2v) is 6.77. The van der Waals surface area contributed by atoms with Crippen molar-refractivity contribution in [1.82, 2.24) is 4.90 Å². The number of terminal acetylenes is 1. The van der Waals surface area contributed by atoms with Gasteiger partial charge in [-0.15, -0.1) is 12.3 Å². The lowest BCUT2D eigenvalue weighted by Crippen LogP contribution is -2.54. The van der Waals surface area contributed by atoms with E-state index >= 15 is 0 Å². The average Bonchev–Trinajstić information content (AvgIpc) is 2.71. The van der Waals surface area contributed by atoms with E-state index in [1.54, 1.807) is 0 Å². The first-order valence-electron chi connectivity index (χ1n) is 9.05. The van der Waals surface area contributed by atoms with Gasteiger partial charge < -0.3 is 14.9 Å². The zero-order valence-electron chi connectivity index (χ0n) is 15.2. The van der Waals surface area contributed by atoms with Crippen LogP contribution in [-0.4, -0.2) is 40.6 Å². The van der Waals surface area contributed by atoms with E-state index in [1.807, 2.05) is 60.7 Å². The monoisotopic (exact) mass is 363 g/mol. The van der Waals surface area contributed by atoms with Crippen LogP contribution in [0.1, 0.15) is 29.7 Å². The highest BCUT2D eigenvalue weighted by molar-refractivity contribution is 5.28. The summed E-state index contributed by atoms with van der Waals surface area (Å²) in [6.07, 6.45) is 4.50. The van der Waals surface area contributed by atoms with Crippen LogP contribution in [0, 0.1) is 12.3 Å². The minimum absolute atomic E-state index is 0.117. The number of hydrogen-bond donors (Lipinski definition) is 2. The fourth-order valence-corrected chi connectivity index (χ4v) is 3.64. The number of aliphatic hydroxyl groups is 2. The molecule has 3 rings (SSSR count). The summed E-state index contributed by atoms with van der Waals surface area (Å²) < 4.78 is 6.08. The fraction of sp³-hybridized carbons (Fsp3) is 0.304. The van der Waals surface area contributed by atoms with Gasteiger partial charge in [0.1, 0.15) is 6.10 Å². The SMILES string of the molecule is C#CC[C@H]1[C@H](O)O[C@H](c2ccccc2)[C@H](c2ccccc2)N1CC(=C)CO. The number of aliphatic hydroxyl groups excluding tert-OH is 2. The molecule has 0 amide bonds. The minimum Gasteiger partial charge on any atom is -0.392 e. The van der Waals surface area contributed by atoms with Gasteiger partial charge in [0, 0.05) is 13.0 Å². The highest BCUT2D eigenvalue weighted by Crippen LogP contribution is 2.44. The third-order valence-corrected chi connectivity index (χ3v) is 4.91. The van der Waals surface area contributed by atoms with Crippen LogP contribution in [0.15, 0.2) is 72.8 Å². The Kier molecular flexibility index (Phi) is 6.44. The first-order valence-corrected chi connectivity index (χ1v) is 9.05. The Morgan fingerprint density at radius 2 is 1.67 bits per heavy atom. The second kappa shape index (κ2) is 8.98. The lowest BCUT2D eigenvalue weighted by molar-refractivity contribution is -0.236. The molecule has 0 aromatic heterocycles. The van der Waals surface area contributed by atoms with Crippen LogP contribution >= 0.6 is 0 Å². The predicted molar refractivity (Wildman–Crippen MR) is 106 cm³/mol. The standard InChI is InChI=1S/C23H25NO3/c1-3-10-20-23(26)27-22(19-13-8-5-9-14-19)21(18-11-6-4-7-12-18)24(20)15-17(2)16-25/h1,4-9,11-14,20-23,25-26H,2,10,15-16H2/t20-,21-,22+,23+/m0/s1. The number of benzene rings is 2. The normalized spacial score (nSPS) is 25.7. The van der Waals surface area contributed by atoms with Crippen LogP contribution in [0.4, 0.5) is 0 Å². The number of rotatable bonds is 6. The summed E-state index contributed by atoms with van der Waals surface area (Å²) in [7, 11) is 0. The van der Waals surface area contributed by atoms with Crippen molar-refractivity contribution in [3.8, 4) is 12.3 Å². The van der Waals surface area contributed by atoms with Gasteiger partial charge in [0.25, 0.3) is 0 Å². The summed E-state index contributed by atoms with van der Waals surface area (Å²) >= 11 is 0. The average molecular weight is 363 g/mol. The first kappa shape index (κ1) is 19.3. The van der Waals surface area contributed by atoms with Gasteiger partial charge in [-0.1, -0.05) is 67.2 Å². The summed E-state index contributed by atoms with van der Waals surface area (Å²) in [5.41, 5.74) is 2.70. The van der Waals surface area contributed by atoms with Crippen LogP contribution in [0.5, 0.6) is 0 Å². The topological polar surface area (TPSA) is 52.9 Å². The van der Waals surface area contributed by atoms with E-state index in [0.717, 1.165) is 11.1 Å². The molecule has 0 aliphatic carbocycles. The molecule has 1 aliphatic rings. The number of nitrogens with zero attached hydrogens (tertiary/aromatic N) is 1. The summed E-state index contributed by atoms with van der Waals surface area (Å²) in [4.78, 5) is 2.11. The van der Waals surface area contributed by atoms with Gasteiger partial charge in [0.2, 0.25) is 0 Å². The van der Waals surface area contributed by atoms with Crippen LogP contribution in [0.2, 0.25) is 0 Å². The van der Waals surface area contributed by atoms with Crippen molar-refractivity contribution in [1.29, 1.82) is 0 Å². The van der Waals surface area contributed by atoms with Gasteiger partial charge in [0.15, 0.2) is 6.29 Å². The molecule has 0 spiro atoms. The summed E-state index contributed by atoms with van der Waals surface area (Å²) in [5, 5.41) is 20.2. The molecule has 0 saturated carbocycles. The maximum absolute atomic E-state index is 10.7. The Morgan fingerprint density at radius 1 is 1.07 bits per heavy atom. The van der Waals surface area contributed by atoms with Crippen molar-refractivity contribution in [2.75, 3.05) is 13.2 Å². The van der Waals surface area contributed by atoms with Gasteiger partial charge >= 0.3 is 0 Å². The van der Waals surface area contributed by atoms with Crippen molar-refractivity contribution in [3.05, 3.63) is 83.9 Å². The quantitative estimate of drug-likeness (QED) is 0.612. The molecule has 2 aromatic carbocycles. The van der Waals surface area contributed by atoms with Gasteiger partial charge in [-0.3, -0.25) is 4.90 Å². The third-order valence-electron chi connectivity index (χ3n) is 4.91. The summed E-state index contributed by atoms with van der Waals surface area (Å²) in [6.45, 7) is 4.25. The smallest absolute Gasteiger partial charge is 0.172 e. The Bertz CT molecular complexity index is 784. The number of ether oxygens (including phenoxy) is 1. The molecule has 0 radical (unpaired) electrons. The van der Waals surface area contributed by atoms with Crippen molar-refractivity contribution in [2.45, 2.75) is 30.9 Å². The molecule has 0 unspecified atom stereocenters. The van der Waals surface area contributed by atoms with Gasteiger partial charge in [-0.25, -0.2) is 0 Å². The van der Waals surface area contributed by atoms with Gasteiger partial charge in [0.05, 0.1) is 18.7 Å². The van der Waals surface area contributed by atoms with E-state index in [9.17, 15) is 10.2 Å². The molecule has 27 heavy (non-hydrogen) atoms. The molecular formula is C23H25NO3. The third kappa shape index (κ3) is 4.29. The van der Waals surface area contributed by atoms with Crippen molar-refractivity contribution in [2.24, 2.45) is 0 Å². The zero-order valence-corrected chi connectivity index (χ0v) is 15.2. The molecule has 1 saturated heterocycles. The van der Waals surface area contributed by atoms with E-state index in [2.05, 4.69) is 17.4 Å². The molecule has 0 bridgehead atoms. The maximum Gasteiger partial charge on any atom is 0.172 e. The Labute approximate surface area is 160 Å². The largest absolute Gasteiger partial charge is 0.392 e. The van der Waals surface area contributed by atoms with Crippen molar-refractivity contribution >= 4 is 0 Å². The molecule has 4 heteroatoms. The minimum atomic E-state index is -1.03. The van der Waals surface area contributed by atoms with Crippen LogP contribution < -0.4 is 0 Å². The fourth-order valence-electron chi connectivity index (χ4n) is 3.64. The van der Waals surface area contributed by atoms with E-state index in [1.165, 1.54) is 0 Å². The molecule has 1 heterocycles. The Hall–Kier alpha value is -2.42. The van der Waals surface area contributed by atoms with Gasteiger partial charge in [-0.2, -0.15) is 0 Å². The molecule has 1 aliphatic heterocycles. The molecule has 4 nitrogen and oxygen atoms in total. The lowest BCUT2D eigenvalue weighted by atomic mass is 9.89. The molecular weight excluding hydrogens is 338 g/mol. The van der Waals surface area contributed by atoms with Crippen molar-refractivity contribution in [3.63, 3.8) is 0 Å². The van der Waals surface area contributed by atoms with Crippen molar-refractivity contribution < 1.29 is 14.9 Å². The summed E-state index contributed by atoms with van der Waals surface area (Å²) in [6, 6.07) is 19.3. The molecule has 2 N–H and O–H groups in total. The van der Waals surface area contributed by atoms with Crippen LogP contribution in [-0.2, 0) is 4.74 Å². The van der Waals surface area contributed by atoms with Crippen LogP contribution in [0.3, 0.4) is 0 Å². The van der Waals surface area contributed by atoms with Crippen LogP contribution in [0.25, 0.3) is 0 Å². The highest BCUT2D eigenvalue weighted by atomic mass is 16.6.